The summed E-state index contributed by atoms with van der Waals surface area (Å²) in [4.78, 5) is 0. The molecule has 0 aliphatic rings. The number of methoxy groups -OCH3 is 2. The molecule has 0 unspecified atom stereocenters. The van der Waals surface area contributed by atoms with Gasteiger partial charge >= 0.3 is 0 Å². The van der Waals surface area contributed by atoms with Crippen molar-refractivity contribution < 1.29 is 9.47 Å². The Morgan fingerprint density at radius 2 is 2.00 bits per heavy atom. The van der Waals surface area contributed by atoms with E-state index in [-0.39, 0.29) is 0 Å². The maximum absolute atomic E-state index is 5.59. The Bertz CT molecular complexity index is 302. The van der Waals surface area contributed by atoms with Crippen molar-refractivity contribution in [2.45, 2.75) is 6.54 Å². The van der Waals surface area contributed by atoms with Crippen molar-refractivity contribution in [2.75, 3.05) is 14.2 Å². The van der Waals surface area contributed by atoms with Crippen LogP contribution in [0.5, 0.6) is 11.5 Å². The van der Waals surface area contributed by atoms with E-state index >= 15 is 0 Å². The topological polar surface area (TPSA) is 44.5 Å². The maximum Gasteiger partial charge on any atom is 0.128 e. The summed E-state index contributed by atoms with van der Waals surface area (Å²) in [5.74, 6) is 1.57. The van der Waals surface area contributed by atoms with Gasteiger partial charge in [0, 0.05) is 21.7 Å². The van der Waals surface area contributed by atoms with E-state index in [2.05, 4.69) is 22.6 Å². The van der Waals surface area contributed by atoms with Crippen molar-refractivity contribution in [3.63, 3.8) is 0 Å². The molecule has 0 heterocycles. The fourth-order valence-corrected chi connectivity index (χ4v) is 1.88. The summed E-state index contributed by atoms with van der Waals surface area (Å²) in [5, 5.41) is 0. The maximum atomic E-state index is 5.59. The highest BCUT2D eigenvalue weighted by Crippen LogP contribution is 2.29. The van der Waals surface area contributed by atoms with E-state index in [4.69, 9.17) is 15.2 Å². The highest BCUT2D eigenvalue weighted by atomic mass is 127. The Balaban J connectivity index is 3.20. The highest BCUT2D eigenvalue weighted by Gasteiger charge is 2.08. The van der Waals surface area contributed by atoms with Gasteiger partial charge in [0.15, 0.2) is 0 Å². The van der Waals surface area contributed by atoms with Gasteiger partial charge in [0.1, 0.15) is 11.5 Å². The van der Waals surface area contributed by atoms with Crippen molar-refractivity contribution in [3.05, 3.63) is 21.3 Å². The largest absolute Gasteiger partial charge is 0.497 e. The van der Waals surface area contributed by atoms with Gasteiger partial charge in [-0.3, -0.25) is 0 Å². The van der Waals surface area contributed by atoms with Crippen LogP contribution in [0.4, 0.5) is 0 Å². The van der Waals surface area contributed by atoms with Gasteiger partial charge in [0.25, 0.3) is 0 Å². The number of benzene rings is 1. The molecule has 3 nitrogen and oxygen atoms in total. The number of hydrogen-bond donors (Lipinski definition) is 1. The van der Waals surface area contributed by atoms with Gasteiger partial charge < -0.3 is 15.2 Å². The Hall–Kier alpha value is -0.490. The molecular weight excluding hydrogens is 281 g/mol. The third kappa shape index (κ3) is 2.25. The number of halogens is 1. The Labute approximate surface area is 91.4 Å². The summed E-state index contributed by atoms with van der Waals surface area (Å²) in [5.41, 5.74) is 6.61. The van der Waals surface area contributed by atoms with E-state index in [9.17, 15) is 0 Å². The summed E-state index contributed by atoms with van der Waals surface area (Å²) in [6.07, 6.45) is 0. The first kappa shape index (κ1) is 10.6. The summed E-state index contributed by atoms with van der Waals surface area (Å²) >= 11 is 2.22. The minimum atomic E-state index is 0.478. The van der Waals surface area contributed by atoms with Gasteiger partial charge in [-0.15, -0.1) is 0 Å². The lowest BCUT2D eigenvalue weighted by molar-refractivity contribution is 0.390. The first-order chi connectivity index (χ1) is 6.22. The van der Waals surface area contributed by atoms with E-state index < -0.39 is 0 Å². The number of ether oxygens (including phenoxy) is 2. The zero-order chi connectivity index (χ0) is 9.84. The van der Waals surface area contributed by atoms with Gasteiger partial charge in [-0.1, -0.05) is 0 Å². The molecular formula is C9H12INO2. The summed E-state index contributed by atoms with van der Waals surface area (Å²) in [6.45, 7) is 0.478. The van der Waals surface area contributed by atoms with Crippen LogP contribution in [0.2, 0.25) is 0 Å². The van der Waals surface area contributed by atoms with Gasteiger partial charge in [-0.05, 0) is 28.7 Å². The van der Waals surface area contributed by atoms with Crippen LogP contribution in [0.15, 0.2) is 12.1 Å². The predicted octanol–water partition coefficient (Wildman–Crippen LogP) is 1.77. The Kier molecular flexibility index (Phi) is 3.80. The molecule has 4 heteroatoms. The van der Waals surface area contributed by atoms with Crippen molar-refractivity contribution >= 4 is 22.6 Å². The zero-order valence-corrected chi connectivity index (χ0v) is 9.79. The number of nitrogens with two attached hydrogens (primary N) is 1. The molecule has 0 aliphatic carbocycles. The van der Waals surface area contributed by atoms with Crippen molar-refractivity contribution in [1.82, 2.24) is 0 Å². The van der Waals surface area contributed by atoms with Crippen LogP contribution in [-0.2, 0) is 6.54 Å². The predicted molar refractivity (Wildman–Crippen MR) is 60.2 cm³/mol. The molecule has 0 amide bonds. The lowest BCUT2D eigenvalue weighted by Crippen LogP contribution is -2.03. The van der Waals surface area contributed by atoms with Crippen LogP contribution in [0, 0.1) is 3.57 Å². The van der Waals surface area contributed by atoms with Crippen molar-refractivity contribution in [2.24, 2.45) is 5.73 Å². The van der Waals surface area contributed by atoms with Gasteiger partial charge in [0.05, 0.1) is 14.2 Å². The monoisotopic (exact) mass is 293 g/mol. The third-order valence-electron chi connectivity index (χ3n) is 1.79. The Morgan fingerprint density at radius 3 is 2.46 bits per heavy atom. The van der Waals surface area contributed by atoms with Crippen LogP contribution in [0.3, 0.4) is 0 Å². The van der Waals surface area contributed by atoms with E-state index in [0.717, 1.165) is 20.6 Å². The molecule has 0 atom stereocenters. The number of hydrogen-bond acceptors (Lipinski definition) is 3. The fourth-order valence-electron chi connectivity index (χ4n) is 1.09. The lowest BCUT2D eigenvalue weighted by atomic mass is 10.2. The summed E-state index contributed by atoms with van der Waals surface area (Å²) in [7, 11) is 3.26. The van der Waals surface area contributed by atoms with Crippen molar-refractivity contribution in [3.8, 4) is 11.5 Å². The second kappa shape index (κ2) is 4.66. The summed E-state index contributed by atoms with van der Waals surface area (Å²) in [6, 6.07) is 3.77. The minimum Gasteiger partial charge on any atom is -0.497 e. The molecule has 0 saturated carbocycles. The van der Waals surface area contributed by atoms with Crippen molar-refractivity contribution in [1.29, 1.82) is 0 Å². The molecule has 2 N–H and O–H groups in total. The zero-order valence-electron chi connectivity index (χ0n) is 7.63. The molecule has 0 fully saturated rings. The SMILES string of the molecule is COc1cc(I)c(CN)c(OC)c1. The summed E-state index contributed by atoms with van der Waals surface area (Å²) < 4.78 is 11.4. The second-order valence-corrected chi connectivity index (χ2v) is 3.66. The van der Waals surface area contributed by atoms with Crippen LogP contribution in [0.25, 0.3) is 0 Å². The van der Waals surface area contributed by atoms with Crippen LogP contribution in [-0.4, -0.2) is 14.2 Å². The van der Waals surface area contributed by atoms with Crippen LogP contribution < -0.4 is 15.2 Å². The molecule has 1 aromatic rings. The molecule has 0 aromatic heterocycles. The Morgan fingerprint density at radius 1 is 1.31 bits per heavy atom. The number of rotatable bonds is 3. The molecule has 0 radical (unpaired) electrons. The average molecular weight is 293 g/mol. The average Bonchev–Trinajstić information content (AvgIpc) is 2.16. The van der Waals surface area contributed by atoms with Gasteiger partial charge in [0.2, 0.25) is 0 Å². The highest BCUT2D eigenvalue weighted by molar-refractivity contribution is 14.1. The lowest BCUT2D eigenvalue weighted by Gasteiger charge is -2.10. The molecule has 72 valence electrons. The third-order valence-corrected chi connectivity index (χ3v) is 2.75. The smallest absolute Gasteiger partial charge is 0.128 e. The van der Waals surface area contributed by atoms with Gasteiger partial charge in [-0.25, -0.2) is 0 Å². The van der Waals surface area contributed by atoms with E-state index in [1.165, 1.54) is 0 Å². The van der Waals surface area contributed by atoms with E-state index in [1.54, 1.807) is 14.2 Å². The van der Waals surface area contributed by atoms with E-state index in [0.29, 0.717) is 6.54 Å². The molecule has 1 aromatic carbocycles. The first-order valence-corrected chi connectivity index (χ1v) is 4.91. The molecule has 0 bridgehead atoms. The molecule has 0 spiro atoms. The standard InChI is InChI=1S/C9H12INO2/c1-12-6-3-8(10)7(5-11)9(4-6)13-2/h3-4H,5,11H2,1-2H3. The van der Waals surface area contributed by atoms with Crippen LogP contribution in [0.1, 0.15) is 5.56 Å². The normalized spacial score (nSPS) is 9.85. The van der Waals surface area contributed by atoms with E-state index in [1.807, 2.05) is 12.1 Å². The molecule has 1 rings (SSSR count). The quantitative estimate of drug-likeness (QED) is 0.864. The molecule has 13 heavy (non-hydrogen) atoms. The van der Waals surface area contributed by atoms with Crippen LogP contribution >= 0.6 is 22.6 Å². The first-order valence-electron chi connectivity index (χ1n) is 3.83. The molecule has 0 aliphatic heterocycles. The minimum absolute atomic E-state index is 0.478. The van der Waals surface area contributed by atoms with Gasteiger partial charge in [-0.2, -0.15) is 0 Å². The second-order valence-electron chi connectivity index (χ2n) is 2.49. The fraction of sp³-hybridized carbons (Fsp3) is 0.333. The molecule has 0 saturated heterocycles.